The molecule has 2 nitrogen and oxygen atoms in total. The number of carbonyl (C=O) groups excluding carboxylic acids is 1. The summed E-state index contributed by atoms with van der Waals surface area (Å²) in [6, 6.07) is 4.18. The Morgan fingerprint density at radius 3 is 3.11 bits per heavy atom. The monoisotopic (exact) mass is 266 g/mol. The van der Waals surface area contributed by atoms with Gasteiger partial charge in [-0.1, -0.05) is 0 Å². The zero-order valence-corrected chi connectivity index (χ0v) is 11.1. The van der Waals surface area contributed by atoms with Crippen molar-refractivity contribution < 1.29 is 13.9 Å². The Morgan fingerprint density at radius 1 is 1.50 bits per heavy atom. The van der Waals surface area contributed by atoms with Gasteiger partial charge in [-0.15, -0.1) is 0 Å². The van der Waals surface area contributed by atoms with Crippen molar-refractivity contribution in [3.8, 4) is 5.75 Å². The average Bonchev–Trinajstić information content (AvgIpc) is 2.32. The number of carbonyl (C=O) groups is 1. The molecule has 0 amide bonds. The summed E-state index contributed by atoms with van der Waals surface area (Å²) in [7, 11) is 0. The van der Waals surface area contributed by atoms with Crippen LogP contribution in [0.25, 0.3) is 0 Å². The van der Waals surface area contributed by atoms with Crippen molar-refractivity contribution in [2.75, 3.05) is 5.75 Å². The van der Waals surface area contributed by atoms with Gasteiger partial charge in [0.1, 0.15) is 17.2 Å². The fourth-order valence-electron chi connectivity index (χ4n) is 2.79. The number of hydrogen-bond donors (Lipinski definition) is 0. The summed E-state index contributed by atoms with van der Waals surface area (Å²) in [4.78, 5) is 12.2. The highest BCUT2D eigenvalue weighted by molar-refractivity contribution is 8.00. The van der Waals surface area contributed by atoms with Crippen molar-refractivity contribution in [1.29, 1.82) is 0 Å². The number of thioether (sulfide) groups is 1. The van der Waals surface area contributed by atoms with Crippen LogP contribution < -0.4 is 4.74 Å². The van der Waals surface area contributed by atoms with Crippen molar-refractivity contribution in [2.45, 2.75) is 37.0 Å². The molecule has 2 heterocycles. The van der Waals surface area contributed by atoms with Crippen LogP contribution in [-0.2, 0) is 0 Å². The van der Waals surface area contributed by atoms with Crippen molar-refractivity contribution in [2.24, 2.45) is 0 Å². The van der Waals surface area contributed by atoms with E-state index < -0.39 is 5.60 Å². The van der Waals surface area contributed by atoms with Crippen LogP contribution in [0, 0.1) is 5.82 Å². The van der Waals surface area contributed by atoms with E-state index in [4.69, 9.17) is 4.74 Å². The molecule has 96 valence electrons. The second-order valence-electron chi connectivity index (χ2n) is 5.02. The summed E-state index contributed by atoms with van der Waals surface area (Å²) in [6.07, 6.45) is 2.34. The molecular formula is C14H15FO2S. The van der Waals surface area contributed by atoms with Gasteiger partial charge in [0.2, 0.25) is 0 Å². The number of halogens is 1. The summed E-state index contributed by atoms with van der Waals surface area (Å²) in [5.41, 5.74) is 0.0886. The van der Waals surface area contributed by atoms with E-state index in [1.54, 1.807) is 0 Å². The first-order valence-corrected chi connectivity index (χ1v) is 7.29. The van der Waals surface area contributed by atoms with Crippen molar-refractivity contribution in [3.05, 3.63) is 29.6 Å². The number of ether oxygens (including phenoxy) is 1. The quantitative estimate of drug-likeness (QED) is 0.719. The number of Topliss-reactive ketones (excluding diaryl/α,β-unsaturated/α-hetero) is 1. The van der Waals surface area contributed by atoms with Crippen LogP contribution in [0.3, 0.4) is 0 Å². The molecule has 1 spiro atoms. The van der Waals surface area contributed by atoms with Gasteiger partial charge < -0.3 is 4.74 Å². The minimum absolute atomic E-state index is 0.0746. The molecule has 1 fully saturated rings. The molecule has 1 saturated heterocycles. The minimum atomic E-state index is -0.430. The predicted molar refractivity (Wildman–Crippen MR) is 69.9 cm³/mol. The minimum Gasteiger partial charge on any atom is -0.485 e. The molecule has 4 heteroatoms. The smallest absolute Gasteiger partial charge is 0.170 e. The van der Waals surface area contributed by atoms with Crippen LogP contribution in [0.1, 0.15) is 36.5 Å². The Balaban J connectivity index is 2.01. The van der Waals surface area contributed by atoms with Crippen LogP contribution in [0.4, 0.5) is 4.39 Å². The third-order valence-electron chi connectivity index (χ3n) is 3.87. The average molecular weight is 266 g/mol. The molecule has 18 heavy (non-hydrogen) atoms. The Labute approximate surface area is 110 Å². The number of benzene rings is 1. The fourth-order valence-corrected chi connectivity index (χ4v) is 4.00. The fraction of sp³-hybridized carbons (Fsp3) is 0.500. The van der Waals surface area contributed by atoms with Gasteiger partial charge in [-0.25, -0.2) is 4.39 Å². The molecule has 1 aromatic carbocycles. The summed E-state index contributed by atoms with van der Waals surface area (Å²) in [5.74, 6) is 1.25. The van der Waals surface area contributed by atoms with Crippen LogP contribution >= 0.6 is 11.8 Å². The molecule has 0 N–H and O–H groups in total. The third kappa shape index (κ3) is 1.83. The van der Waals surface area contributed by atoms with Gasteiger partial charge in [0.15, 0.2) is 5.78 Å². The molecule has 2 aliphatic heterocycles. The van der Waals surface area contributed by atoms with Gasteiger partial charge in [0, 0.05) is 11.3 Å². The van der Waals surface area contributed by atoms with Crippen LogP contribution in [0.5, 0.6) is 5.75 Å². The largest absolute Gasteiger partial charge is 0.485 e. The highest BCUT2D eigenvalue weighted by atomic mass is 32.2. The molecule has 2 atom stereocenters. The normalized spacial score (nSPS) is 31.0. The predicted octanol–water partition coefficient (Wildman–Crippen LogP) is 3.45. The first-order valence-electron chi connectivity index (χ1n) is 6.24. The second-order valence-corrected chi connectivity index (χ2v) is 6.47. The molecule has 1 aromatic rings. The SMILES string of the molecule is CC1SCCCC12CC(=O)c1ccc(F)cc1O2. The molecular weight excluding hydrogens is 251 g/mol. The number of hydrogen-bond acceptors (Lipinski definition) is 3. The van der Waals surface area contributed by atoms with E-state index in [2.05, 4.69) is 6.92 Å². The number of rotatable bonds is 0. The molecule has 0 aliphatic carbocycles. The van der Waals surface area contributed by atoms with E-state index in [1.807, 2.05) is 11.8 Å². The zero-order chi connectivity index (χ0) is 12.8. The molecule has 2 unspecified atom stereocenters. The van der Waals surface area contributed by atoms with E-state index in [0.29, 0.717) is 17.7 Å². The molecule has 0 saturated carbocycles. The van der Waals surface area contributed by atoms with Gasteiger partial charge in [-0.05, 0) is 37.7 Å². The lowest BCUT2D eigenvalue weighted by Gasteiger charge is -2.44. The maximum atomic E-state index is 13.3. The Kier molecular flexibility index (Phi) is 2.85. The summed E-state index contributed by atoms with van der Waals surface area (Å²) >= 11 is 1.83. The third-order valence-corrected chi connectivity index (χ3v) is 5.32. The van der Waals surface area contributed by atoms with E-state index in [0.717, 1.165) is 18.6 Å². The highest BCUT2D eigenvalue weighted by Crippen LogP contribution is 2.44. The lowest BCUT2D eigenvalue weighted by Crippen LogP contribution is -2.51. The molecule has 3 rings (SSSR count). The Bertz CT molecular complexity index is 503. The first kappa shape index (κ1) is 12.0. The van der Waals surface area contributed by atoms with E-state index in [-0.39, 0.29) is 16.9 Å². The molecule has 2 aliphatic rings. The highest BCUT2D eigenvalue weighted by Gasteiger charge is 2.46. The second kappa shape index (κ2) is 4.26. The maximum absolute atomic E-state index is 13.3. The number of fused-ring (bicyclic) bond motifs is 1. The summed E-state index contributed by atoms with van der Waals surface area (Å²) < 4.78 is 19.3. The summed E-state index contributed by atoms with van der Waals surface area (Å²) in [5, 5.41) is 0.270. The van der Waals surface area contributed by atoms with Gasteiger partial charge in [-0.3, -0.25) is 4.79 Å². The van der Waals surface area contributed by atoms with Crippen LogP contribution in [0.2, 0.25) is 0 Å². The van der Waals surface area contributed by atoms with E-state index in [9.17, 15) is 9.18 Å². The van der Waals surface area contributed by atoms with E-state index >= 15 is 0 Å². The van der Waals surface area contributed by atoms with Gasteiger partial charge >= 0.3 is 0 Å². The maximum Gasteiger partial charge on any atom is 0.170 e. The summed E-state index contributed by atoms with van der Waals surface area (Å²) in [6.45, 7) is 2.10. The topological polar surface area (TPSA) is 26.3 Å². The van der Waals surface area contributed by atoms with Gasteiger partial charge in [0.05, 0.1) is 12.0 Å². The standard InChI is InChI=1S/C14H15FO2S/c1-9-14(5-2-6-18-9)8-12(16)11-4-3-10(15)7-13(11)17-14/h3-4,7,9H,2,5-6,8H2,1H3. The first-order chi connectivity index (χ1) is 8.61. The van der Waals surface area contributed by atoms with Gasteiger partial charge in [0.25, 0.3) is 0 Å². The van der Waals surface area contributed by atoms with Crippen LogP contribution in [-0.4, -0.2) is 22.4 Å². The van der Waals surface area contributed by atoms with Crippen molar-refractivity contribution in [1.82, 2.24) is 0 Å². The zero-order valence-electron chi connectivity index (χ0n) is 10.2. The molecule has 0 bridgehead atoms. The Morgan fingerprint density at radius 2 is 2.33 bits per heavy atom. The molecule has 0 radical (unpaired) electrons. The Hall–Kier alpha value is -1.03. The van der Waals surface area contributed by atoms with Crippen molar-refractivity contribution in [3.63, 3.8) is 0 Å². The van der Waals surface area contributed by atoms with Crippen LogP contribution in [0.15, 0.2) is 18.2 Å². The molecule has 0 aromatic heterocycles. The number of ketones is 1. The lowest BCUT2D eigenvalue weighted by atomic mass is 9.84. The van der Waals surface area contributed by atoms with Gasteiger partial charge in [-0.2, -0.15) is 11.8 Å². The lowest BCUT2D eigenvalue weighted by molar-refractivity contribution is 0.0327. The van der Waals surface area contributed by atoms with Crippen molar-refractivity contribution >= 4 is 17.5 Å². The van der Waals surface area contributed by atoms with E-state index in [1.165, 1.54) is 18.2 Å².